The normalized spacial score (nSPS) is 13.0. The molecular weight excluding hydrogens is 293 g/mol. The lowest BCUT2D eigenvalue weighted by atomic mass is 10.1. The number of aliphatic hydroxyl groups is 1. The van der Waals surface area contributed by atoms with Gasteiger partial charge in [0.05, 0.1) is 16.7 Å². The molecule has 0 spiro atoms. The van der Waals surface area contributed by atoms with Gasteiger partial charge in [-0.2, -0.15) is 0 Å². The van der Waals surface area contributed by atoms with Crippen molar-refractivity contribution in [1.82, 2.24) is 0 Å². The molecule has 0 bridgehead atoms. The Morgan fingerprint density at radius 2 is 1.90 bits per heavy atom. The van der Waals surface area contributed by atoms with Gasteiger partial charge in [-0.1, -0.05) is 18.2 Å². The van der Waals surface area contributed by atoms with Gasteiger partial charge in [-0.15, -0.1) is 0 Å². The van der Waals surface area contributed by atoms with Crippen molar-refractivity contribution >= 4 is 15.7 Å². The quantitative estimate of drug-likeness (QED) is 0.912. The highest BCUT2D eigenvalue weighted by Gasteiger charge is 2.17. The highest BCUT2D eigenvalue weighted by Crippen LogP contribution is 2.22. The van der Waals surface area contributed by atoms with Crippen molar-refractivity contribution in [2.24, 2.45) is 0 Å². The van der Waals surface area contributed by atoms with Crippen molar-refractivity contribution in [2.75, 3.05) is 4.72 Å². The van der Waals surface area contributed by atoms with Crippen LogP contribution in [0.15, 0.2) is 47.4 Å². The van der Waals surface area contributed by atoms with Crippen molar-refractivity contribution < 1.29 is 17.9 Å². The minimum atomic E-state index is -3.91. The lowest BCUT2D eigenvalue weighted by Crippen LogP contribution is -2.14. The number of hydrogen-bond donors (Lipinski definition) is 2. The predicted octanol–water partition coefficient (Wildman–Crippen LogP) is 2.99. The number of rotatable bonds is 4. The number of nitrogens with one attached hydrogen (secondary N) is 1. The van der Waals surface area contributed by atoms with E-state index in [1.54, 1.807) is 26.0 Å². The molecular formula is C15H16FNO3S. The second kappa shape index (κ2) is 5.83. The molecule has 1 unspecified atom stereocenters. The molecule has 0 aromatic heterocycles. The van der Waals surface area contributed by atoms with Crippen LogP contribution in [0.3, 0.4) is 0 Å². The topological polar surface area (TPSA) is 66.4 Å². The Morgan fingerprint density at radius 3 is 2.57 bits per heavy atom. The molecule has 2 N–H and O–H groups in total. The van der Waals surface area contributed by atoms with Crippen LogP contribution < -0.4 is 4.72 Å². The summed E-state index contributed by atoms with van der Waals surface area (Å²) in [4.78, 5) is -0.0261. The summed E-state index contributed by atoms with van der Waals surface area (Å²) in [6.07, 6.45) is -0.782. The molecule has 4 nitrogen and oxygen atoms in total. The number of benzene rings is 2. The van der Waals surface area contributed by atoms with Gasteiger partial charge in [-0.05, 0) is 49.2 Å². The third kappa shape index (κ3) is 3.59. The van der Waals surface area contributed by atoms with Gasteiger partial charge in [-0.25, -0.2) is 12.8 Å². The van der Waals surface area contributed by atoms with E-state index in [0.717, 1.165) is 5.56 Å². The van der Waals surface area contributed by atoms with E-state index in [-0.39, 0.29) is 10.6 Å². The maximum atomic E-state index is 13.7. The standard InChI is InChI=1S/C15H16FNO3S/c1-10-6-7-14(16)15(8-10)17-21(19,20)13-5-3-4-12(9-13)11(2)18/h3-9,11,17-18H,1-2H3. The molecule has 2 aromatic carbocycles. The molecule has 6 heteroatoms. The number of aliphatic hydroxyl groups excluding tert-OH is 1. The van der Waals surface area contributed by atoms with Gasteiger partial charge in [0.1, 0.15) is 5.82 Å². The van der Waals surface area contributed by atoms with Crippen LogP contribution in [-0.4, -0.2) is 13.5 Å². The minimum Gasteiger partial charge on any atom is -0.389 e. The van der Waals surface area contributed by atoms with Crippen molar-refractivity contribution in [2.45, 2.75) is 24.8 Å². The highest BCUT2D eigenvalue weighted by molar-refractivity contribution is 7.92. The molecule has 0 heterocycles. The second-order valence-electron chi connectivity index (χ2n) is 4.84. The van der Waals surface area contributed by atoms with Crippen molar-refractivity contribution in [3.05, 3.63) is 59.4 Å². The molecule has 0 saturated heterocycles. The van der Waals surface area contributed by atoms with E-state index in [0.29, 0.717) is 5.56 Å². The first kappa shape index (κ1) is 15.5. The Bertz CT molecular complexity index is 757. The van der Waals surface area contributed by atoms with Crippen LogP contribution in [0.25, 0.3) is 0 Å². The van der Waals surface area contributed by atoms with Gasteiger partial charge in [0.25, 0.3) is 10.0 Å². The zero-order valence-electron chi connectivity index (χ0n) is 11.7. The molecule has 0 aliphatic carbocycles. The Kier molecular flexibility index (Phi) is 4.29. The van der Waals surface area contributed by atoms with Gasteiger partial charge in [0, 0.05) is 0 Å². The van der Waals surface area contributed by atoms with E-state index >= 15 is 0 Å². The summed E-state index contributed by atoms with van der Waals surface area (Å²) in [7, 11) is -3.91. The summed E-state index contributed by atoms with van der Waals surface area (Å²) < 4.78 is 40.4. The molecule has 0 aliphatic heterocycles. The monoisotopic (exact) mass is 309 g/mol. The Balaban J connectivity index is 2.38. The number of anilines is 1. The van der Waals surface area contributed by atoms with Crippen molar-refractivity contribution in [3.8, 4) is 0 Å². The number of halogens is 1. The largest absolute Gasteiger partial charge is 0.389 e. The number of hydrogen-bond acceptors (Lipinski definition) is 3. The van der Waals surface area contributed by atoms with E-state index in [1.807, 2.05) is 0 Å². The molecule has 1 atom stereocenters. The highest BCUT2D eigenvalue weighted by atomic mass is 32.2. The maximum absolute atomic E-state index is 13.7. The zero-order valence-corrected chi connectivity index (χ0v) is 12.5. The fourth-order valence-electron chi connectivity index (χ4n) is 1.86. The SMILES string of the molecule is Cc1ccc(F)c(NS(=O)(=O)c2cccc(C(C)O)c2)c1. The van der Waals surface area contributed by atoms with Crippen LogP contribution in [0.4, 0.5) is 10.1 Å². The van der Waals surface area contributed by atoms with E-state index in [2.05, 4.69) is 4.72 Å². The molecule has 0 fully saturated rings. The van der Waals surface area contributed by atoms with E-state index < -0.39 is 21.9 Å². The number of aryl methyl sites for hydroxylation is 1. The van der Waals surface area contributed by atoms with Crippen LogP contribution in [0.2, 0.25) is 0 Å². The molecule has 0 aliphatic rings. The summed E-state index contributed by atoms with van der Waals surface area (Å²) >= 11 is 0. The van der Waals surface area contributed by atoms with Gasteiger partial charge >= 0.3 is 0 Å². The van der Waals surface area contributed by atoms with E-state index in [4.69, 9.17) is 0 Å². The zero-order chi connectivity index (χ0) is 15.6. The Morgan fingerprint density at radius 1 is 1.19 bits per heavy atom. The average Bonchev–Trinajstić information content (AvgIpc) is 2.43. The smallest absolute Gasteiger partial charge is 0.261 e. The van der Waals surface area contributed by atoms with E-state index in [1.165, 1.54) is 30.3 Å². The molecule has 21 heavy (non-hydrogen) atoms. The van der Waals surface area contributed by atoms with Crippen LogP contribution in [0.1, 0.15) is 24.2 Å². The van der Waals surface area contributed by atoms with Crippen LogP contribution in [0.5, 0.6) is 0 Å². The van der Waals surface area contributed by atoms with Gasteiger partial charge in [-0.3, -0.25) is 4.72 Å². The summed E-state index contributed by atoms with van der Waals surface area (Å²) in [5.41, 5.74) is 1.12. The van der Waals surface area contributed by atoms with Gasteiger partial charge in [0.2, 0.25) is 0 Å². The van der Waals surface area contributed by atoms with Gasteiger partial charge in [0.15, 0.2) is 0 Å². The summed E-state index contributed by atoms with van der Waals surface area (Å²) in [6, 6.07) is 10.1. The first-order valence-corrected chi connectivity index (χ1v) is 7.85. The Hall–Kier alpha value is -1.92. The van der Waals surface area contributed by atoms with Crippen LogP contribution in [0, 0.1) is 12.7 Å². The molecule has 0 amide bonds. The lowest BCUT2D eigenvalue weighted by molar-refractivity contribution is 0.199. The third-order valence-corrected chi connectivity index (χ3v) is 4.38. The average molecular weight is 309 g/mol. The van der Waals surface area contributed by atoms with Crippen LogP contribution >= 0.6 is 0 Å². The molecule has 0 radical (unpaired) electrons. The third-order valence-electron chi connectivity index (χ3n) is 3.02. The maximum Gasteiger partial charge on any atom is 0.261 e. The predicted molar refractivity (Wildman–Crippen MR) is 79.0 cm³/mol. The fraction of sp³-hybridized carbons (Fsp3) is 0.200. The first-order valence-electron chi connectivity index (χ1n) is 6.36. The number of sulfonamides is 1. The molecule has 2 aromatic rings. The molecule has 112 valence electrons. The summed E-state index contributed by atoms with van der Waals surface area (Å²) in [5.74, 6) is -0.643. The van der Waals surface area contributed by atoms with Crippen molar-refractivity contribution in [1.29, 1.82) is 0 Å². The summed E-state index contributed by atoms with van der Waals surface area (Å²) in [5, 5.41) is 9.51. The summed E-state index contributed by atoms with van der Waals surface area (Å²) in [6.45, 7) is 3.28. The molecule has 0 saturated carbocycles. The minimum absolute atomic E-state index is 0.0261. The second-order valence-corrected chi connectivity index (χ2v) is 6.52. The lowest BCUT2D eigenvalue weighted by Gasteiger charge is -2.11. The fourth-order valence-corrected chi connectivity index (χ4v) is 2.98. The molecule has 2 rings (SSSR count). The van der Waals surface area contributed by atoms with Crippen LogP contribution in [-0.2, 0) is 10.0 Å². The van der Waals surface area contributed by atoms with E-state index in [9.17, 15) is 17.9 Å². The van der Waals surface area contributed by atoms with Gasteiger partial charge < -0.3 is 5.11 Å². The van der Waals surface area contributed by atoms with Crippen molar-refractivity contribution in [3.63, 3.8) is 0 Å². The first-order chi connectivity index (χ1) is 9.79. The Labute approximate surface area is 123 Å².